The molecule has 0 fully saturated rings. The lowest BCUT2D eigenvalue weighted by molar-refractivity contribution is 0.658. The third-order valence-electron chi connectivity index (χ3n) is 3.38. The van der Waals surface area contributed by atoms with Crippen molar-refractivity contribution >= 4 is 5.57 Å². The molecular weight excluding hydrogens is 194 g/mol. The Labute approximate surface area is 98.4 Å². The first-order valence-corrected chi connectivity index (χ1v) is 6.21. The van der Waals surface area contributed by atoms with Crippen molar-refractivity contribution in [1.82, 2.24) is 0 Å². The lowest BCUT2D eigenvalue weighted by Crippen LogP contribution is -2.15. The van der Waals surface area contributed by atoms with Crippen molar-refractivity contribution in [2.75, 3.05) is 0 Å². The van der Waals surface area contributed by atoms with Gasteiger partial charge >= 0.3 is 0 Å². The van der Waals surface area contributed by atoms with Crippen LogP contribution in [0.25, 0.3) is 5.57 Å². The monoisotopic (exact) mass is 215 g/mol. The Kier molecular flexibility index (Phi) is 3.45. The number of benzene rings is 1. The van der Waals surface area contributed by atoms with Gasteiger partial charge in [0.05, 0.1) is 0 Å². The van der Waals surface area contributed by atoms with Crippen molar-refractivity contribution in [1.29, 1.82) is 0 Å². The van der Waals surface area contributed by atoms with Crippen LogP contribution in [0.3, 0.4) is 0 Å². The molecule has 86 valence electrons. The zero-order chi connectivity index (χ0) is 11.5. The summed E-state index contributed by atoms with van der Waals surface area (Å²) in [7, 11) is 0. The summed E-state index contributed by atoms with van der Waals surface area (Å²) in [5, 5.41) is 0. The van der Waals surface area contributed by atoms with E-state index in [9.17, 15) is 0 Å². The van der Waals surface area contributed by atoms with Gasteiger partial charge in [0.1, 0.15) is 0 Å². The smallest absolute Gasteiger partial charge is 0.0229 e. The summed E-state index contributed by atoms with van der Waals surface area (Å²) in [5.74, 6) is 0. The fraction of sp³-hybridized carbons (Fsp3) is 0.467. The first-order chi connectivity index (χ1) is 7.66. The van der Waals surface area contributed by atoms with Gasteiger partial charge in [-0.3, -0.25) is 0 Å². The molecule has 0 spiro atoms. The molecule has 0 saturated heterocycles. The van der Waals surface area contributed by atoms with Crippen LogP contribution in [0.5, 0.6) is 0 Å². The van der Waals surface area contributed by atoms with Gasteiger partial charge in [-0.15, -0.1) is 0 Å². The van der Waals surface area contributed by atoms with E-state index in [2.05, 4.69) is 38.1 Å². The molecule has 1 aliphatic rings. The quantitative estimate of drug-likeness (QED) is 0.761. The fourth-order valence-corrected chi connectivity index (χ4v) is 2.52. The molecule has 2 rings (SSSR count). The van der Waals surface area contributed by atoms with Crippen molar-refractivity contribution in [3.8, 4) is 0 Å². The molecule has 16 heavy (non-hydrogen) atoms. The second kappa shape index (κ2) is 4.84. The summed E-state index contributed by atoms with van der Waals surface area (Å²) in [4.78, 5) is 0. The molecule has 1 aliphatic carbocycles. The Balaban J connectivity index is 2.35. The lowest BCUT2D eigenvalue weighted by Gasteiger charge is -2.11. The molecule has 0 radical (unpaired) electrons. The van der Waals surface area contributed by atoms with E-state index in [-0.39, 0.29) is 6.04 Å². The topological polar surface area (TPSA) is 26.0 Å². The summed E-state index contributed by atoms with van der Waals surface area (Å²) in [6, 6.07) is 6.94. The maximum Gasteiger partial charge on any atom is 0.0229 e. The highest BCUT2D eigenvalue weighted by molar-refractivity contribution is 5.69. The molecule has 1 heteroatoms. The summed E-state index contributed by atoms with van der Waals surface area (Å²) in [5.41, 5.74) is 11.6. The second-order valence-corrected chi connectivity index (χ2v) is 4.92. The fourth-order valence-electron chi connectivity index (χ4n) is 2.52. The third kappa shape index (κ3) is 2.53. The number of aryl methyl sites for hydroxylation is 2. The van der Waals surface area contributed by atoms with Crippen LogP contribution in [0.15, 0.2) is 24.3 Å². The predicted molar refractivity (Wildman–Crippen MR) is 70.3 cm³/mol. The van der Waals surface area contributed by atoms with Crippen LogP contribution in [0, 0.1) is 13.8 Å². The van der Waals surface area contributed by atoms with E-state index in [0.717, 1.165) is 6.42 Å². The van der Waals surface area contributed by atoms with Gasteiger partial charge in [0.15, 0.2) is 0 Å². The molecular formula is C15H21N. The SMILES string of the molecule is Cc1ccc(C2=CC(N)CCCC2)c(C)c1. The normalized spacial score (nSPS) is 21.4. The average molecular weight is 215 g/mol. The van der Waals surface area contributed by atoms with Crippen LogP contribution in [-0.2, 0) is 0 Å². The van der Waals surface area contributed by atoms with E-state index in [4.69, 9.17) is 5.73 Å². The number of rotatable bonds is 1. The standard InChI is InChI=1S/C15H21N/c1-11-7-8-15(12(2)9-11)13-5-3-4-6-14(16)10-13/h7-10,14H,3-6,16H2,1-2H3. The van der Waals surface area contributed by atoms with E-state index in [0.29, 0.717) is 0 Å². The van der Waals surface area contributed by atoms with Gasteiger partial charge in [-0.25, -0.2) is 0 Å². The van der Waals surface area contributed by atoms with Crippen LogP contribution in [-0.4, -0.2) is 6.04 Å². The molecule has 0 amide bonds. The van der Waals surface area contributed by atoms with E-state index in [1.54, 1.807) is 0 Å². The maximum absolute atomic E-state index is 6.07. The van der Waals surface area contributed by atoms with Gasteiger partial charge in [-0.1, -0.05) is 36.3 Å². The highest BCUT2D eigenvalue weighted by Crippen LogP contribution is 2.28. The van der Waals surface area contributed by atoms with Gasteiger partial charge in [-0.2, -0.15) is 0 Å². The number of nitrogens with two attached hydrogens (primary N) is 1. The molecule has 1 aromatic carbocycles. The first-order valence-electron chi connectivity index (χ1n) is 6.21. The molecule has 0 aliphatic heterocycles. The van der Waals surface area contributed by atoms with E-state index in [1.807, 2.05) is 0 Å². The zero-order valence-electron chi connectivity index (χ0n) is 10.3. The Morgan fingerprint density at radius 1 is 1.19 bits per heavy atom. The van der Waals surface area contributed by atoms with Crippen molar-refractivity contribution in [2.24, 2.45) is 5.73 Å². The van der Waals surface area contributed by atoms with Gasteiger partial charge in [0.25, 0.3) is 0 Å². The molecule has 1 atom stereocenters. The molecule has 1 nitrogen and oxygen atoms in total. The Hall–Kier alpha value is -1.08. The first kappa shape index (κ1) is 11.4. The van der Waals surface area contributed by atoms with Crippen LogP contribution >= 0.6 is 0 Å². The minimum atomic E-state index is 0.248. The third-order valence-corrected chi connectivity index (χ3v) is 3.38. The minimum Gasteiger partial charge on any atom is -0.324 e. The van der Waals surface area contributed by atoms with Crippen molar-refractivity contribution < 1.29 is 0 Å². The van der Waals surface area contributed by atoms with Crippen molar-refractivity contribution in [2.45, 2.75) is 45.6 Å². The Morgan fingerprint density at radius 2 is 2.00 bits per heavy atom. The maximum atomic E-state index is 6.07. The Morgan fingerprint density at radius 3 is 2.75 bits per heavy atom. The van der Waals surface area contributed by atoms with Crippen LogP contribution in [0.2, 0.25) is 0 Å². The molecule has 0 aromatic heterocycles. The highest BCUT2D eigenvalue weighted by Gasteiger charge is 2.11. The molecule has 0 heterocycles. The molecule has 0 saturated carbocycles. The van der Waals surface area contributed by atoms with Crippen LogP contribution in [0.1, 0.15) is 42.4 Å². The minimum absolute atomic E-state index is 0.248. The average Bonchev–Trinajstić information content (AvgIpc) is 2.43. The van der Waals surface area contributed by atoms with Gasteiger partial charge in [0.2, 0.25) is 0 Å². The van der Waals surface area contributed by atoms with Crippen molar-refractivity contribution in [3.05, 3.63) is 41.0 Å². The second-order valence-electron chi connectivity index (χ2n) is 4.92. The molecule has 0 bridgehead atoms. The van der Waals surface area contributed by atoms with E-state index < -0.39 is 0 Å². The molecule has 2 N–H and O–H groups in total. The largest absolute Gasteiger partial charge is 0.324 e. The van der Waals surface area contributed by atoms with Crippen molar-refractivity contribution in [3.63, 3.8) is 0 Å². The predicted octanol–water partition coefficient (Wildman–Crippen LogP) is 3.59. The number of allylic oxidation sites excluding steroid dienone is 1. The summed E-state index contributed by atoms with van der Waals surface area (Å²) < 4.78 is 0. The summed E-state index contributed by atoms with van der Waals surface area (Å²) >= 11 is 0. The van der Waals surface area contributed by atoms with Gasteiger partial charge < -0.3 is 5.73 Å². The van der Waals surface area contributed by atoms with Gasteiger partial charge in [0, 0.05) is 6.04 Å². The van der Waals surface area contributed by atoms with Crippen LogP contribution < -0.4 is 5.73 Å². The number of hydrogen-bond donors (Lipinski definition) is 1. The summed E-state index contributed by atoms with van der Waals surface area (Å²) in [6.45, 7) is 4.34. The van der Waals surface area contributed by atoms with Gasteiger partial charge in [-0.05, 0) is 49.8 Å². The molecule has 1 unspecified atom stereocenters. The highest BCUT2D eigenvalue weighted by atomic mass is 14.6. The summed E-state index contributed by atoms with van der Waals surface area (Å²) in [6.07, 6.45) is 7.11. The van der Waals surface area contributed by atoms with Crippen LogP contribution in [0.4, 0.5) is 0 Å². The number of hydrogen-bond acceptors (Lipinski definition) is 1. The van der Waals surface area contributed by atoms with E-state index in [1.165, 1.54) is 41.5 Å². The van der Waals surface area contributed by atoms with E-state index >= 15 is 0 Å². The Bertz CT molecular complexity index is 404. The lowest BCUT2D eigenvalue weighted by atomic mass is 9.95. The zero-order valence-corrected chi connectivity index (χ0v) is 10.3. The molecule has 1 aromatic rings.